The van der Waals surface area contributed by atoms with Crippen LogP contribution in [0.3, 0.4) is 0 Å². The summed E-state index contributed by atoms with van der Waals surface area (Å²) in [6.45, 7) is 4.64. The third-order valence-corrected chi connectivity index (χ3v) is 9.51. The van der Waals surface area contributed by atoms with Crippen LogP contribution in [-0.4, -0.2) is 64.8 Å². The maximum atomic E-state index is 13.2. The van der Waals surface area contributed by atoms with E-state index in [1.807, 2.05) is 0 Å². The summed E-state index contributed by atoms with van der Waals surface area (Å²) in [4.78, 5) is 0.0939. The molecule has 182 valence electrons. The van der Waals surface area contributed by atoms with Gasteiger partial charge in [-0.05, 0) is 44.5 Å². The summed E-state index contributed by atoms with van der Waals surface area (Å²) >= 11 is 12.2. The normalized spacial score (nSPS) is 16.4. The third-order valence-electron chi connectivity index (χ3n) is 5.09. The molecule has 1 aliphatic heterocycles. The fourth-order valence-electron chi connectivity index (χ4n) is 3.47. The standard InChI is InChI=1S/C21H26Cl2N2O6S2/c1-3-30-20-14-16(6-8-18(20)22)32(26,27)24-10-5-11-25(13-12-24)33(28,29)17-7-9-19(23)21(15-17)31-4-2/h6-9,14-15H,3-5,10-13H2,1-2H3. The van der Waals surface area contributed by atoms with Gasteiger partial charge in [0.1, 0.15) is 11.5 Å². The molecule has 33 heavy (non-hydrogen) atoms. The van der Waals surface area contributed by atoms with E-state index in [1.54, 1.807) is 13.8 Å². The second-order valence-corrected chi connectivity index (χ2v) is 11.9. The molecule has 0 N–H and O–H groups in total. The van der Waals surface area contributed by atoms with Crippen LogP contribution >= 0.6 is 23.2 Å². The first-order chi connectivity index (χ1) is 15.6. The molecule has 0 aromatic heterocycles. The Bertz CT molecular complexity index is 1110. The highest BCUT2D eigenvalue weighted by Gasteiger charge is 2.32. The van der Waals surface area contributed by atoms with Gasteiger partial charge in [0.15, 0.2) is 0 Å². The smallest absolute Gasteiger partial charge is 0.243 e. The van der Waals surface area contributed by atoms with Crippen LogP contribution in [0.15, 0.2) is 46.2 Å². The van der Waals surface area contributed by atoms with Crippen LogP contribution in [0.5, 0.6) is 11.5 Å². The Morgan fingerprint density at radius 2 is 1.12 bits per heavy atom. The molecule has 0 spiro atoms. The Kier molecular flexibility index (Phi) is 8.52. The van der Waals surface area contributed by atoms with Gasteiger partial charge in [-0.15, -0.1) is 0 Å². The zero-order chi connectivity index (χ0) is 24.2. The summed E-state index contributed by atoms with van der Waals surface area (Å²) in [5.41, 5.74) is 0. The minimum atomic E-state index is -3.86. The van der Waals surface area contributed by atoms with E-state index >= 15 is 0 Å². The van der Waals surface area contributed by atoms with Crippen molar-refractivity contribution in [2.24, 2.45) is 0 Å². The molecule has 3 rings (SSSR count). The number of nitrogens with zero attached hydrogens (tertiary/aromatic N) is 2. The molecular weight excluding hydrogens is 511 g/mol. The molecule has 0 saturated carbocycles. The molecule has 1 aliphatic rings. The predicted octanol–water partition coefficient (Wildman–Crippen LogP) is 3.88. The number of halogens is 2. The Hall–Kier alpha value is -1.56. The van der Waals surface area contributed by atoms with E-state index in [0.29, 0.717) is 29.7 Å². The molecule has 0 radical (unpaired) electrons. The largest absolute Gasteiger partial charge is 0.492 e. The highest BCUT2D eigenvalue weighted by atomic mass is 35.5. The van der Waals surface area contributed by atoms with Crippen LogP contribution in [0.2, 0.25) is 10.0 Å². The lowest BCUT2D eigenvalue weighted by atomic mass is 10.3. The topological polar surface area (TPSA) is 93.2 Å². The van der Waals surface area contributed by atoms with Gasteiger partial charge in [-0.25, -0.2) is 16.8 Å². The van der Waals surface area contributed by atoms with E-state index in [9.17, 15) is 16.8 Å². The number of ether oxygens (including phenoxy) is 2. The van der Waals surface area contributed by atoms with Crippen molar-refractivity contribution in [1.82, 2.24) is 8.61 Å². The third kappa shape index (κ3) is 5.75. The second kappa shape index (κ2) is 10.8. The Balaban J connectivity index is 1.81. The van der Waals surface area contributed by atoms with Crippen LogP contribution < -0.4 is 9.47 Å². The van der Waals surface area contributed by atoms with E-state index in [4.69, 9.17) is 32.7 Å². The second-order valence-electron chi connectivity index (χ2n) is 7.21. The highest BCUT2D eigenvalue weighted by molar-refractivity contribution is 7.89. The van der Waals surface area contributed by atoms with Gasteiger partial charge >= 0.3 is 0 Å². The van der Waals surface area contributed by atoms with E-state index in [1.165, 1.54) is 45.0 Å². The average molecular weight is 537 g/mol. The first-order valence-corrected chi connectivity index (χ1v) is 14.1. The fraction of sp³-hybridized carbons (Fsp3) is 0.429. The van der Waals surface area contributed by atoms with Gasteiger partial charge in [0.25, 0.3) is 0 Å². The van der Waals surface area contributed by atoms with Crippen molar-refractivity contribution in [3.63, 3.8) is 0 Å². The minimum Gasteiger partial charge on any atom is -0.492 e. The molecule has 0 unspecified atom stereocenters. The van der Waals surface area contributed by atoms with Gasteiger partial charge < -0.3 is 9.47 Å². The van der Waals surface area contributed by atoms with Crippen LogP contribution in [-0.2, 0) is 20.0 Å². The molecule has 1 fully saturated rings. The maximum absolute atomic E-state index is 13.2. The summed E-state index contributed by atoms with van der Waals surface area (Å²) in [5, 5.41) is 0.636. The van der Waals surface area contributed by atoms with Crippen molar-refractivity contribution >= 4 is 43.2 Å². The van der Waals surface area contributed by atoms with Crippen molar-refractivity contribution in [2.75, 3.05) is 39.4 Å². The average Bonchev–Trinajstić information content (AvgIpc) is 3.04. The molecule has 2 aromatic rings. The molecule has 1 saturated heterocycles. The first kappa shape index (κ1) is 26.1. The van der Waals surface area contributed by atoms with Crippen LogP contribution in [0.1, 0.15) is 20.3 Å². The van der Waals surface area contributed by atoms with Crippen molar-refractivity contribution in [1.29, 1.82) is 0 Å². The molecule has 0 bridgehead atoms. The molecule has 1 heterocycles. The Morgan fingerprint density at radius 3 is 1.48 bits per heavy atom. The Labute approximate surface area is 205 Å². The first-order valence-electron chi connectivity index (χ1n) is 10.5. The monoisotopic (exact) mass is 536 g/mol. The SMILES string of the molecule is CCOc1cc(S(=O)(=O)N2CCCN(S(=O)(=O)c3ccc(Cl)c(OCC)c3)CC2)ccc1Cl. The molecule has 0 atom stereocenters. The summed E-state index contributed by atoms with van der Waals surface area (Å²) in [6.07, 6.45) is 0.344. The Morgan fingerprint density at radius 1 is 0.727 bits per heavy atom. The van der Waals surface area contributed by atoms with Gasteiger partial charge in [0.05, 0.1) is 33.0 Å². The van der Waals surface area contributed by atoms with Crippen molar-refractivity contribution in [3.05, 3.63) is 46.4 Å². The van der Waals surface area contributed by atoms with Crippen LogP contribution in [0.25, 0.3) is 0 Å². The van der Waals surface area contributed by atoms with Gasteiger partial charge in [-0.2, -0.15) is 8.61 Å². The maximum Gasteiger partial charge on any atom is 0.243 e. The molecule has 2 aromatic carbocycles. The van der Waals surface area contributed by atoms with Crippen molar-refractivity contribution in [2.45, 2.75) is 30.1 Å². The summed E-state index contributed by atoms with van der Waals surface area (Å²) < 4.78 is 66.3. The van der Waals surface area contributed by atoms with Crippen molar-refractivity contribution < 1.29 is 26.3 Å². The molecule has 0 aliphatic carbocycles. The lowest BCUT2D eigenvalue weighted by Gasteiger charge is -2.22. The summed E-state index contributed by atoms with van der Waals surface area (Å²) in [6, 6.07) is 8.58. The van der Waals surface area contributed by atoms with Gasteiger partial charge in [-0.1, -0.05) is 23.2 Å². The number of sulfonamides is 2. The lowest BCUT2D eigenvalue weighted by Crippen LogP contribution is -2.37. The van der Waals surface area contributed by atoms with Crippen LogP contribution in [0.4, 0.5) is 0 Å². The van der Waals surface area contributed by atoms with E-state index in [-0.39, 0.29) is 47.5 Å². The fourth-order valence-corrected chi connectivity index (χ4v) is 6.78. The van der Waals surface area contributed by atoms with E-state index < -0.39 is 20.0 Å². The summed E-state index contributed by atoms with van der Waals surface area (Å²) in [5.74, 6) is 0.569. The van der Waals surface area contributed by atoms with Gasteiger partial charge in [0.2, 0.25) is 20.0 Å². The molecule has 12 heteroatoms. The number of rotatable bonds is 8. The van der Waals surface area contributed by atoms with E-state index in [2.05, 4.69) is 0 Å². The highest BCUT2D eigenvalue weighted by Crippen LogP contribution is 2.31. The van der Waals surface area contributed by atoms with Gasteiger partial charge in [-0.3, -0.25) is 0 Å². The summed E-state index contributed by atoms with van der Waals surface area (Å²) in [7, 11) is -7.72. The van der Waals surface area contributed by atoms with Crippen molar-refractivity contribution in [3.8, 4) is 11.5 Å². The van der Waals surface area contributed by atoms with E-state index in [0.717, 1.165) is 0 Å². The molecular formula is C21H26Cl2N2O6S2. The zero-order valence-electron chi connectivity index (χ0n) is 18.3. The quantitative estimate of drug-likeness (QED) is 0.508. The van der Waals surface area contributed by atoms with Crippen LogP contribution in [0, 0.1) is 0 Å². The predicted molar refractivity (Wildman–Crippen MR) is 127 cm³/mol. The number of hydrogen-bond donors (Lipinski definition) is 0. The molecule has 8 nitrogen and oxygen atoms in total. The minimum absolute atomic E-state index is 0.0140. The number of hydrogen-bond acceptors (Lipinski definition) is 6. The molecule has 0 amide bonds. The van der Waals surface area contributed by atoms with Gasteiger partial charge in [0, 0.05) is 38.3 Å². The zero-order valence-corrected chi connectivity index (χ0v) is 21.5. The lowest BCUT2D eigenvalue weighted by molar-refractivity contribution is 0.339. The number of benzene rings is 2.